The van der Waals surface area contributed by atoms with Crippen molar-refractivity contribution < 1.29 is 13.2 Å². The second kappa shape index (κ2) is 7.21. The van der Waals surface area contributed by atoms with Gasteiger partial charge in [0.15, 0.2) is 0 Å². The van der Waals surface area contributed by atoms with Crippen LogP contribution in [0.2, 0.25) is 0 Å². The first-order valence-corrected chi connectivity index (χ1v) is 7.59. The van der Waals surface area contributed by atoms with E-state index in [1.165, 1.54) is 0 Å². The molecule has 0 aromatic rings. The molecule has 1 saturated heterocycles. The van der Waals surface area contributed by atoms with Crippen molar-refractivity contribution in [1.29, 1.82) is 0 Å². The summed E-state index contributed by atoms with van der Waals surface area (Å²) >= 11 is 0. The molecule has 1 heterocycles. The Hall–Kier alpha value is -0.170. The van der Waals surface area contributed by atoms with E-state index in [2.05, 4.69) is 10.0 Å². The molecule has 1 atom stereocenters. The molecule has 1 fully saturated rings. The summed E-state index contributed by atoms with van der Waals surface area (Å²) in [6.07, 6.45) is 3.23. The summed E-state index contributed by atoms with van der Waals surface area (Å²) in [6.45, 7) is 4.41. The van der Waals surface area contributed by atoms with Gasteiger partial charge in [0.2, 0.25) is 10.0 Å². The normalized spacial score (nSPS) is 22.2. The van der Waals surface area contributed by atoms with Gasteiger partial charge in [0.05, 0.1) is 11.9 Å². The van der Waals surface area contributed by atoms with Crippen LogP contribution < -0.4 is 10.0 Å². The predicted octanol–water partition coefficient (Wildman–Crippen LogP) is 0.0844. The minimum Gasteiger partial charge on any atom is -0.377 e. The van der Waals surface area contributed by atoms with Gasteiger partial charge in [0.1, 0.15) is 0 Å². The Morgan fingerprint density at radius 1 is 1.38 bits per heavy atom. The quantitative estimate of drug-likeness (QED) is 0.628. The average molecular weight is 250 g/mol. The predicted molar refractivity (Wildman–Crippen MR) is 63.9 cm³/mol. The largest absolute Gasteiger partial charge is 0.377 e. The summed E-state index contributed by atoms with van der Waals surface area (Å²) in [7, 11) is -3.15. The molecule has 0 aromatic carbocycles. The van der Waals surface area contributed by atoms with Gasteiger partial charge in [0, 0.05) is 19.7 Å². The fourth-order valence-corrected chi connectivity index (χ4v) is 2.64. The zero-order chi connectivity index (χ0) is 11.9. The van der Waals surface area contributed by atoms with Crippen molar-refractivity contribution in [3.63, 3.8) is 0 Å². The van der Waals surface area contributed by atoms with Crippen molar-refractivity contribution in [2.45, 2.75) is 32.3 Å². The second-order valence-corrected chi connectivity index (χ2v) is 5.94. The monoisotopic (exact) mass is 250 g/mol. The summed E-state index contributed by atoms with van der Waals surface area (Å²) in [4.78, 5) is 0. The molecule has 1 aliphatic heterocycles. The van der Waals surface area contributed by atoms with E-state index in [1.807, 2.05) is 6.92 Å². The van der Waals surface area contributed by atoms with Crippen LogP contribution in [0.3, 0.4) is 0 Å². The van der Waals surface area contributed by atoms with E-state index in [0.29, 0.717) is 13.1 Å². The van der Waals surface area contributed by atoms with Crippen LogP contribution in [-0.4, -0.2) is 46.5 Å². The summed E-state index contributed by atoms with van der Waals surface area (Å²) < 4.78 is 31.1. The fourth-order valence-electron chi connectivity index (χ4n) is 1.64. The molecule has 0 bridgehead atoms. The molecular weight excluding hydrogens is 228 g/mol. The molecule has 2 N–H and O–H groups in total. The van der Waals surface area contributed by atoms with Gasteiger partial charge >= 0.3 is 0 Å². The molecule has 5 nitrogen and oxygen atoms in total. The average Bonchev–Trinajstić information content (AvgIpc) is 2.28. The second-order valence-electron chi connectivity index (χ2n) is 4.01. The van der Waals surface area contributed by atoms with E-state index in [1.54, 1.807) is 0 Å². The van der Waals surface area contributed by atoms with E-state index in [4.69, 9.17) is 4.74 Å². The lowest BCUT2D eigenvalue weighted by Gasteiger charge is -2.22. The minimum absolute atomic E-state index is 0.0580. The van der Waals surface area contributed by atoms with E-state index >= 15 is 0 Å². The zero-order valence-electron chi connectivity index (χ0n) is 9.87. The van der Waals surface area contributed by atoms with Gasteiger partial charge < -0.3 is 10.1 Å². The molecule has 0 aromatic heterocycles. The van der Waals surface area contributed by atoms with Gasteiger partial charge in [-0.1, -0.05) is 6.92 Å². The number of nitrogens with one attached hydrogen (secondary N) is 2. The van der Waals surface area contributed by atoms with Crippen LogP contribution in [0, 0.1) is 0 Å². The molecule has 0 saturated carbocycles. The third kappa shape index (κ3) is 5.79. The molecule has 0 aliphatic carbocycles. The molecule has 6 heteroatoms. The fraction of sp³-hybridized carbons (Fsp3) is 1.00. The Labute approximate surface area is 98.0 Å². The van der Waals surface area contributed by atoms with Crippen LogP contribution in [-0.2, 0) is 14.8 Å². The van der Waals surface area contributed by atoms with Crippen molar-refractivity contribution in [2.24, 2.45) is 0 Å². The highest BCUT2D eigenvalue weighted by atomic mass is 32.2. The van der Waals surface area contributed by atoms with E-state index in [9.17, 15) is 8.42 Å². The SMILES string of the molecule is CCNCCS(=O)(=O)NCC1CCCCO1. The summed E-state index contributed by atoms with van der Waals surface area (Å²) in [5.74, 6) is 0.132. The molecule has 0 radical (unpaired) electrons. The van der Waals surface area contributed by atoms with Gasteiger partial charge in [-0.15, -0.1) is 0 Å². The Morgan fingerprint density at radius 2 is 2.19 bits per heavy atom. The molecule has 0 amide bonds. The summed E-state index contributed by atoms with van der Waals surface area (Å²) in [5.41, 5.74) is 0. The third-order valence-corrected chi connectivity index (χ3v) is 3.95. The highest BCUT2D eigenvalue weighted by molar-refractivity contribution is 7.89. The Kier molecular flexibility index (Phi) is 6.26. The van der Waals surface area contributed by atoms with Gasteiger partial charge in [-0.25, -0.2) is 13.1 Å². The Morgan fingerprint density at radius 3 is 2.81 bits per heavy atom. The molecule has 96 valence electrons. The summed E-state index contributed by atoms with van der Waals surface area (Å²) in [5, 5.41) is 2.99. The van der Waals surface area contributed by atoms with Crippen molar-refractivity contribution in [3.8, 4) is 0 Å². The number of sulfonamides is 1. The lowest BCUT2D eigenvalue weighted by Crippen LogP contribution is -2.38. The topological polar surface area (TPSA) is 67.4 Å². The molecule has 16 heavy (non-hydrogen) atoms. The van der Waals surface area contributed by atoms with Crippen molar-refractivity contribution in [2.75, 3.05) is 32.0 Å². The third-order valence-electron chi connectivity index (χ3n) is 2.60. The summed E-state index contributed by atoms with van der Waals surface area (Å²) in [6, 6.07) is 0. The lowest BCUT2D eigenvalue weighted by atomic mass is 10.1. The number of ether oxygens (including phenoxy) is 1. The molecule has 0 spiro atoms. The van der Waals surface area contributed by atoms with Crippen LogP contribution in [0.25, 0.3) is 0 Å². The number of hydrogen-bond acceptors (Lipinski definition) is 4. The van der Waals surface area contributed by atoms with Crippen LogP contribution >= 0.6 is 0 Å². The van der Waals surface area contributed by atoms with Crippen molar-refractivity contribution >= 4 is 10.0 Å². The molecular formula is C10H22N2O3S. The van der Waals surface area contributed by atoms with Crippen molar-refractivity contribution in [3.05, 3.63) is 0 Å². The Bertz CT molecular complexity index is 274. The van der Waals surface area contributed by atoms with E-state index < -0.39 is 10.0 Å². The number of hydrogen-bond donors (Lipinski definition) is 2. The number of rotatable bonds is 7. The van der Waals surface area contributed by atoms with Gasteiger partial charge in [-0.3, -0.25) is 0 Å². The smallest absolute Gasteiger partial charge is 0.212 e. The van der Waals surface area contributed by atoms with Gasteiger partial charge in [0.25, 0.3) is 0 Å². The highest BCUT2D eigenvalue weighted by Crippen LogP contribution is 2.11. The zero-order valence-corrected chi connectivity index (χ0v) is 10.7. The molecule has 1 aliphatic rings. The highest BCUT2D eigenvalue weighted by Gasteiger charge is 2.17. The van der Waals surface area contributed by atoms with Crippen LogP contribution in [0.4, 0.5) is 0 Å². The maximum Gasteiger partial charge on any atom is 0.212 e. The maximum atomic E-state index is 11.5. The first kappa shape index (κ1) is 13.9. The molecule has 1 rings (SSSR count). The van der Waals surface area contributed by atoms with Gasteiger partial charge in [-0.05, 0) is 25.8 Å². The van der Waals surface area contributed by atoms with Crippen LogP contribution in [0.5, 0.6) is 0 Å². The molecule has 1 unspecified atom stereocenters. The first-order valence-electron chi connectivity index (χ1n) is 5.93. The lowest BCUT2D eigenvalue weighted by molar-refractivity contribution is 0.0200. The standard InChI is InChI=1S/C10H22N2O3S/c1-2-11-6-8-16(13,14)12-9-10-5-3-4-7-15-10/h10-12H,2-9H2,1H3. The minimum atomic E-state index is -3.15. The van der Waals surface area contributed by atoms with Crippen LogP contribution in [0.15, 0.2) is 0 Å². The maximum absolute atomic E-state index is 11.5. The van der Waals surface area contributed by atoms with Gasteiger partial charge in [-0.2, -0.15) is 0 Å². The first-order chi connectivity index (χ1) is 7.64. The van der Waals surface area contributed by atoms with Crippen molar-refractivity contribution in [1.82, 2.24) is 10.0 Å². The van der Waals surface area contributed by atoms with Crippen LogP contribution in [0.1, 0.15) is 26.2 Å². The Balaban J connectivity index is 2.18. The van der Waals surface area contributed by atoms with E-state index in [-0.39, 0.29) is 11.9 Å². The van der Waals surface area contributed by atoms with E-state index in [0.717, 1.165) is 32.4 Å².